The van der Waals surface area contributed by atoms with E-state index in [0.717, 1.165) is 5.56 Å². The van der Waals surface area contributed by atoms with Crippen molar-refractivity contribution in [2.24, 2.45) is 5.41 Å². The topological polar surface area (TPSA) is 45.0 Å². The molecule has 0 atom stereocenters. The molecule has 0 aliphatic rings. The largest absolute Gasteiger partial charge is 0.491 e. The number of ether oxygens (including phenoxy) is 1. The quantitative estimate of drug-likeness (QED) is 0.844. The average Bonchev–Trinajstić information content (AvgIpc) is 2.32. The Hall–Kier alpha value is -1.60. The van der Waals surface area contributed by atoms with Crippen LogP contribution in [0, 0.1) is 22.6 Å². The Bertz CT molecular complexity index is 438. The summed E-state index contributed by atoms with van der Waals surface area (Å²) in [6, 6.07) is 7.11. The first kappa shape index (κ1) is 14.5. The maximum absolute atomic E-state index is 13.6. The molecule has 0 bridgehead atoms. The Morgan fingerprint density at radius 3 is 2.72 bits per heavy atom. The summed E-state index contributed by atoms with van der Waals surface area (Å²) in [6.07, 6.45) is 0. The fraction of sp³-hybridized carbons (Fsp3) is 0.500. The highest BCUT2D eigenvalue weighted by atomic mass is 19.1. The van der Waals surface area contributed by atoms with E-state index in [9.17, 15) is 4.39 Å². The zero-order valence-corrected chi connectivity index (χ0v) is 11.1. The van der Waals surface area contributed by atoms with Crippen LogP contribution >= 0.6 is 0 Å². The fourth-order valence-corrected chi connectivity index (χ4v) is 1.49. The van der Waals surface area contributed by atoms with E-state index in [0.29, 0.717) is 19.7 Å². The predicted molar refractivity (Wildman–Crippen MR) is 68.7 cm³/mol. The molecule has 0 amide bonds. The van der Waals surface area contributed by atoms with Gasteiger partial charge in [0.1, 0.15) is 0 Å². The van der Waals surface area contributed by atoms with Crippen molar-refractivity contribution in [3.8, 4) is 11.8 Å². The number of hydrogen-bond donors (Lipinski definition) is 1. The molecule has 0 heterocycles. The summed E-state index contributed by atoms with van der Waals surface area (Å²) in [5, 5.41) is 12.0. The summed E-state index contributed by atoms with van der Waals surface area (Å²) < 4.78 is 18.7. The van der Waals surface area contributed by atoms with Crippen LogP contribution in [0.3, 0.4) is 0 Å². The van der Waals surface area contributed by atoms with Gasteiger partial charge in [0.2, 0.25) is 0 Å². The van der Waals surface area contributed by atoms with E-state index in [-0.39, 0.29) is 11.6 Å². The van der Waals surface area contributed by atoms with Crippen molar-refractivity contribution < 1.29 is 9.13 Å². The van der Waals surface area contributed by atoms with Crippen molar-refractivity contribution in [3.05, 3.63) is 29.6 Å². The summed E-state index contributed by atoms with van der Waals surface area (Å²) in [4.78, 5) is 0. The fourth-order valence-electron chi connectivity index (χ4n) is 1.49. The number of benzene rings is 1. The molecule has 0 spiro atoms. The molecule has 1 aromatic carbocycles. The Labute approximate surface area is 108 Å². The molecular weight excluding hydrogens is 231 g/mol. The van der Waals surface area contributed by atoms with Crippen LogP contribution in [0.1, 0.15) is 26.3 Å². The highest BCUT2D eigenvalue weighted by Gasteiger charge is 2.15. The molecule has 0 fully saturated rings. The van der Waals surface area contributed by atoms with Crippen LogP contribution in [0.4, 0.5) is 4.39 Å². The Morgan fingerprint density at radius 1 is 1.44 bits per heavy atom. The summed E-state index contributed by atoms with van der Waals surface area (Å²) in [5.74, 6) is -0.0747. The first-order valence-electron chi connectivity index (χ1n) is 6.01. The number of nitriles is 1. The molecule has 4 heteroatoms. The van der Waals surface area contributed by atoms with E-state index in [1.807, 2.05) is 26.8 Å². The van der Waals surface area contributed by atoms with Crippen LogP contribution in [-0.2, 0) is 6.54 Å². The third kappa shape index (κ3) is 4.34. The van der Waals surface area contributed by atoms with Gasteiger partial charge in [0.25, 0.3) is 0 Å². The molecule has 0 saturated heterocycles. The second-order valence-electron chi connectivity index (χ2n) is 4.80. The lowest BCUT2D eigenvalue weighted by Crippen LogP contribution is -2.27. The Morgan fingerprint density at radius 2 is 2.17 bits per heavy atom. The van der Waals surface area contributed by atoms with Crippen molar-refractivity contribution in [2.75, 3.05) is 13.2 Å². The van der Waals surface area contributed by atoms with E-state index in [1.54, 1.807) is 6.07 Å². The molecule has 0 aromatic heterocycles. The molecule has 3 nitrogen and oxygen atoms in total. The average molecular weight is 250 g/mol. The zero-order valence-electron chi connectivity index (χ0n) is 11.1. The van der Waals surface area contributed by atoms with Gasteiger partial charge >= 0.3 is 0 Å². The monoisotopic (exact) mass is 250 g/mol. The molecule has 0 radical (unpaired) electrons. The summed E-state index contributed by atoms with van der Waals surface area (Å²) in [5.41, 5.74) is 0.425. The SMILES string of the molecule is CCOc1ccc(CNCC(C)(C)C#N)cc1F. The molecule has 1 N–H and O–H groups in total. The van der Waals surface area contributed by atoms with Gasteiger partial charge in [-0.15, -0.1) is 0 Å². The lowest BCUT2D eigenvalue weighted by Gasteiger charge is -2.16. The van der Waals surface area contributed by atoms with Crippen molar-refractivity contribution in [2.45, 2.75) is 27.3 Å². The smallest absolute Gasteiger partial charge is 0.165 e. The van der Waals surface area contributed by atoms with Gasteiger partial charge in [0.05, 0.1) is 18.1 Å². The van der Waals surface area contributed by atoms with Crippen LogP contribution < -0.4 is 10.1 Å². The molecule has 1 aromatic rings. The maximum Gasteiger partial charge on any atom is 0.165 e. The van der Waals surface area contributed by atoms with Crippen LogP contribution in [0.5, 0.6) is 5.75 Å². The predicted octanol–water partition coefficient (Wildman–Crippen LogP) is 2.86. The third-order valence-electron chi connectivity index (χ3n) is 2.49. The van der Waals surface area contributed by atoms with Gasteiger partial charge in [-0.25, -0.2) is 4.39 Å². The molecular formula is C14H19FN2O. The Balaban J connectivity index is 2.54. The van der Waals surface area contributed by atoms with E-state index in [4.69, 9.17) is 10.00 Å². The van der Waals surface area contributed by atoms with Gasteiger partial charge in [-0.2, -0.15) is 5.26 Å². The van der Waals surface area contributed by atoms with Crippen molar-refractivity contribution in [3.63, 3.8) is 0 Å². The molecule has 0 unspecified atom stereocenters. The first-order valence-corrected chi connectivity index (χ1v) is 6.01. The van der Waals surface area contributed by atoms with Crippen LogP contribution in [0.15, 0.2) is 18.2 Å². The van der Waals surface area contributed by atoms with Crippen molar-refractivity contribution in [1.29, 1.82) is 5.26 Å². The lowest BCUT2D eigenvalue weighted by molar-refractivity contribution is 0.321. The minimum Gasteiger partial charge on any atom is -0.491 e. The molecule has 0 saturated carbocycles. The van der Waals surface area contributed by atoms with E-state index in [1.165, 1.54) is 6.07 Å². The maximum atomic E-state index is 13.6. The number of nitrogens with one attached hydrogen (secondary N) is 1. The van der Waals surface area contributed by atoms with Crippen molar-refractivity contribution >= 4 is 0 Å². The van der Waals surface area contributed by atoms with Crippen LogP contribution in [0.25, 0.3) is 0 Å². The van der Waals surface area contributed by atoms with Crippen LogP contribution in [0.2, 0.25) is 0 Å². The summed E-state index contributed by atoms with van der Waals surface area (Å²) in [7, 11) is 0. The van der Waals surface area contributed by atoms with Crippen LogP contribution in [-0.4, -0.2) is 13.2 Å². The molecule has 0 aliphatic carbocycles. The molecule has 98 valence electrons. The standard InChI is InChI=1S/C14H19FN2O/c1-4-18-13-6-5-11(7-12(13)15)8-17-10-14(2,3)9-16/h5-7,17H,4,8,10H2,1-3H3. The molecule has 18 heavy (non-hydrogen) atoms. The van der Waals surface area contributed by atoms with Gasteiger partial charge in [-0.1, -0.05) is 6.07 Å². The molecule has 1 rings (SSSR count). The van der Waals surface area contributed by atoms with Gasteiger partial charge < -0.3 is 10.1 Å². The highest BCUT2D eigenvalue weighted by molar-refractivity contribution is 5.29. The van der Waals surface area contributed by atoms with Gasteiger partial charge in [-0.05, 0) is 38.5 Å². The second kappa shape index (κ2) is 6.36. The third-order valence-corrected chi connectivity index (χ3v) is 2.49. The second-order valence-corrected chi connectivity index (χ2v) is 4.80. The number of rotatable bonds is 6. The Kier molecular flexibility index (Phi) is 5.11. The minimum absolute atomic E-state index is 0.276. The molecule has 0 aliphatic heterocycles. The summed E-state index contributed by atoms with van der Waals surface area (Å²) >= 11 is 0. The van der Waals surface area contributed by atoms with E-state index < -0.39 is 5.41 Å². The number of hydrogen-bond acceptors (Lipinski definition) is 3. The van der Waals surface area contributed by atoms with Gasteiger partial charge in [-0.3, -0.25) is 0 Å². The van der Waals surface area contributed by atoms with Crippen molar-refractivity contribution in [1.82, 2.24) is 5.32 Å². The van der Waals surface area contributed by atoms with Gasteiger partial charge in [0, 0.05) is 13.1 Å². The summed E-state index contributed by atoms with van der Waals surface area (Å²) in [6.45, 7) is 7.09. The number of halogens is 1. The zero-order chi connectivity index (χ0) is 13.6. The highest BCUT2D eigenvalue weighted by Crippen LogP contribution is 2.18. The first-order chi connectivity index (χ1) is 8.48. The minimum atomic E-state index is -0.413. The number of nitrogens with zero attached hydrogens (tertiary/aromatic N) is 1. The van der Waals surface area contributed by atoms with E-state index in [2.05, 4.69) is 11.4 Å². The van der Waals surface area contributed by atoms with E-state index >= 15 is 0 Å². The lowest BCUT2D eigenvalue weighted by atomic mass is 9.96. The van der Waals surface area contributed by atoms with Gasteiger partial charge in [0.15, 0.2) is 11.6 Å². The normalized spacial score (nSPS) is 11.1.